The summed E-state index contributed by atoms with van der Waals surface area (Å²) in [5.74, 6) is 0.564. The quantitative estimate of drug-likeness (QED) is 0.912. The summed E-state index contributed by atoms with van der Waals surface area (Å²) in [5.41, 5.74) is 5.41. The van der Waals surface area contributed by atoms with Crippen LogP contribution < -0.4 is 10.1 Å². The molecule has 1 atom stereocenters. The number of benzene rings is 2. The van der Waals surface area contributed by atoms with E-state index in [0.717, 1.165) is 22.4 Å². The number of carbonyl (C=O) groups is 1. The third kappa shape index (κ3) is 4.10. The summed E-state index contributed by atoms with van der Waals surface area (Å²) in [6.07, 6.45) is -0.553. The molecule has 0 fully saturated rings. The van der Waals surface area contributed by atoms with Crippen molar-refractivity contribution in [3.8, 4) is 5.75 Å². The second-order valence-corrected chi connectivity index (χ2v) is 5.87. The van der Waals surface area contributed by atoms with Crippen LogP contribution in [0.15, 0.2) is 36.4 Å². The molecule has 22 heavy (non-hydrogen) atoms. The average Bonchev–Trinajstić information content (AvgIpc) is 2.41. The molecule has 2 aromatic rings. The molecule has 3 nitrogen and oxygen atoms in total. The predicted octanol–water partition coefficient (Wildman–Crippen LogP) is 4.33. The number of carbonyl (C=O) groups excluding carboxylic acids is 1. The van der Waals surface area contributed by atoms with Gasteiger partial charge in [0.25, 0.3) is 5.91 Å². The molecule has 1 N–H and O–H groups in total. The van der Waals surface area contributed by atoms with Crippen LogP contribution in [0.2, 0.25) is 0 Å². The Morgan fingerprint density at radius 2 is 1.59 bits per heavy atom. The number of anilines is 1. The molecule has 0 spiro atoms. The monoisotopic (exact) mass is 297 g/mol. The van der Waals surface area contributed by atoms with Crippen LogP contribution in [-0.4, -0.2) is 12.0 Å². The topological polar surface area (TPSA) is 38.3 Å². The average molecular weight is 297 g/mol. The van der Waals surface area contributed by atoms with Gasteiger partial charge in [0.15, 0.2) is 6.10 Å². The van der Waals surface area contributed by atoms with Crippen LogP contribution in [-0.2, 0) is 4.79 Å². The van der Waals surface area contributed by atoms with Crippen molar-refractivity contribution >= 4 is 11.6 Å². The lowest BCUT2D eigenvalue weighted by Gasteiger charge is -2.16. The fraction of sp³-hybridized carbons (Fsp3) is 0.316. The Kier molecular flexibility index (Phi) is 4.86. The van der Waals surface area contributed by atoms with E-state index >= 15 is 0 Å². The summed E-state index contributed by atoms with van der Waals surface area (Å²) < 4.78 is 5.73. The number of aryl methyl sites for hydroxylation is 4. The highest BCUT2D eigenvalue weighted by Gasteiger charge is 2.15. The molecule has 2 aromatic carbocycles. The largest absolute Gasteiger partial charge is 0.481 e. The maximum Gasteiger partial charge on any atom is 0.265 e. The number of rotatable bonds is 4. The molecule has 0 saturated heterocycles. The molecule has 116 valence electrons. The SMILES string of the molecule is Cc1cc(C)cc(NC(=O)[C@H](C)Oc2ccc(C)c(C)c2)c1. The molecule has 0 aliphatic rings. The van der Waals surface area contributed by atoms with Crippen molar-refractivity contribution in [1.82, 2.24) is 0 Å². The summed E-state index contributed by atoms with van der Waals surface area (Å²) >= 11 is 0. The zero-order valence-electron chi connectivity index (χ0n) is 13.9. The van der Waals surface area contributed by atoms with E-state index in [1.165, 1.54) is 5.56 Å². The minimum absolute atomic E-state index is 0.150. The number of amides is 1. The third-order valence-electron chi connectivity index (χ3n) is 3.65. The van der Waals surface area contributed by atoms with Crippen LogP contribution in [0.25, 0.3) is 0 Å². The van der Waals surface area contributed by atoms with Crippen LogP contribution in [0.4, 0.5) is 5.69 Å². The first kappa shape index (κ1) is 16.1. The van der Waals surface area contributed by atoms with Crippen molar-refractivity contribution < 1.29 is 9.53 Å². The van der Waals surface area contributed by atoms with Crippen LogP contribution in [0, 0.1) is 27.7 Å². The van der Waals surface area contributed by atoms with Crippen LogP contribution >= 0.6 is 0 Å². The first-order valence-electron chi connectivity index (χ1n) is 7.48. The Balaban J connectivity index is 2.04. The molecule has 0 aliphatic carbocycles. The van der Waals surface area contributed by atoms with E-state index in [1.54, 1.807) is 6.92 Å². The van der Waals surface area contributed by atoms with Gasteiger partial charge in [0.1, 0.15) is 5.75 Å². The summed E-state index contributed by atoms with van der Waals surface area (Å²) in [6.45, 7) is 9.86. The van der Waals surface area contributed by atoms with Crippen molar-refractivity contribution in [2.75, 3.05) is 5.32 Å². The van der Waals surface area contributed by atoms with Crippen LogP contribution in [0.5, 0.6) is 5.75 Å². The van der Waals surface area contributed by atoms with Crippen LogP contribution in [0.3, 0.4) is 0 Å². The molecular weight excluding hydrogens is 274 g/mol. The molecule has 0 heterocycles. The Morgan fingerprint density at radius 1 is 0.955 bits per heavy atom. The minimum atomic E-state index is -0.553. The van der Waals surface area contributed by atoms with Gasteiger partial charge in [0.05, 0.1) is 0 Å². The Hall–Kier alpha value is -2.29. The van der Waals surface area contributed by atoms with Crippen molar-refractivity contribution in [3.63, 3.8) is 0 Å². The van der Waals surface area contributed by atoms with Crippen LogP contribution in [0.1, 0.15) is 29.2 Å². The van der Waals surface area contributed by atoms with Gasteiger partial charge in [-0.15, -0.1) is 0 Å². The number of hydrogen-bond acceptors (Lipinski definition) is 2. The van der Waals surface area contributed by atoms with E-state index in [2.05, 4.69) is 18.3 Å². The van der Waals surface area contributed by atoms with Gasteiger partial charge < -0.3 is 10.1 Å². The standard InChI is InChI=1S/C19H23NO2/c1-12-8-13(2)10-17(9-12)20-19(21)16(5)22-18-7-6-14(3)15(4)11-18/h6-11,16H,1-5H3,(H,20,21)/t16-/m0/s1. The normalized spacial score (nSPS) is 11.9. The predicted molar refractivity (Wildman–Crippen MR) is 90.6 cm³/mol. The Labute approximate surface area is 132 Å². The first-order chi connectivity index (χ1) is 10.3. The fourth-order valence-electron chi connectivity index (χ4n) is 2.34. The van der Waals surface area contributed by atoms with Gasteiger partial charge in [-0.05, 0) is 81.1 Å². The molecule has 3 heteroatoms. The molecule has 0 unspecified atom stereocenters. The summed E-state index contributed by atoms with van der Waals surface area (Å²) in [6, 6.07) is 11.8. The van der Waals surface area contributed by atoms with E-state index in [9.17, 15) is 4.79 Å². The second-order valence-electron chi connectivity index (χ2n) is 5.87. The number of nitrogens with one attached hydrogen (secondary N) is 1. The smallest absolute Gasteiger partial charge is 0.265 e. The lowest BCUT2D eigenvalue weighted by molar-refractivity contribution is -0.122. The third-order valence-corrected chi connectivity index (χ3v) is 3.65. The van der Waals surface area contributed by atoms with Gasteiger partial charge in [-0.3, -0.25) is 4.79 Å². The summed E-state index contributed by atoms with van der Waals surface area (Å²) in [7, 11) is 0. The van der Waals surface area contributed by atoms with Gasteiger partial charge in [-0.1, -0.05) is 12.1 Å². The summed E-state index contributed by atoms with van der Waals surface area (Å²) in [4.78, 5) is 12.3. The zero-order valence-corrected chi connectivity index (χ0v) is 13.9. The van der Waals surface area contributed by atoms with E-state index in [-0.39, 0.29) is 5.91 Å². The first-order valence-corrected chi connectivity index (χ1v) is 7.48. The summed E-state index contributed by atoms with van der Waals surface area (Å²) in [5, 5.41) is 2.91. The van der Waals surface area contributed by atoms with Crippen molar-refractivity contribution in [1.29, 1.82) is 0 Å². The van der Waals surface area contributed by atoms with Gasteiger partial charge in [-0.2, -0.15) is 0 Å². The van der Waals surface area contributed by atoms with Crippen molar-refractivity contribution in [3.05, 3.63) is 58.7 Å². The van der Waals surface area contributed by atoms with E-state index in [4.69, 9.17) is 4.74 Å². The number of ether oxygens (including phenoxy) is 1. The zero-order chi connectivity index (χ0) is 16.3. The molecule has 0 bridgehead atoms. The molecular formula is C19H23NO2. The van der Waals surface area contributed by atoms with E-state index in [0.29, 0.717) is 5.75 Å². The Bertz CT molecular complexity index is 672. The lowest BCUT2D eigenvalue weighted by Crippen LogP contribution is -2.30. The highest BCUT2D eigenvalue weighted by atomic mass is 16.5. The number of hydrogen-bond donors (Lipinski definition) is 1. The minimum Gasteiger partial charge on any atom is -0.481 e. The Morgan fingerprint density at radius 3 is 2.18 bits per heavy atom. The van der Waals surface area contributed by atoms with E-state index in [1.807, 2.05) is 51.1 Å². The lowest BCUT2D eigenvalue weighted by atomic mass is 10.1. The molecule has 0 aliphatic heterocycles. The second kappa shape index (κ2) is 6.65. The molecule has 1 amide bonds. The maximum absolute atomic E-state index is 12.3. The highest BCUT2D eigenvalue weighted by Crippen LogP contribution is 2.19. The van der Waals surface area contributed by atoms with Gasteiger partial charge in [0.2, 0.25) is 0 Å². The highest BCUT2D eigenvalue weighted by molar-refractivity contribution is 5.94. The fourth-order valence-corrected chi connectivity index (χ4v) is 2.34. The van der Waals surface area contributed by atoms with Gasteiger partial charge in [-0.25, -0.2) is 0 Å². The molecule has 2 rings (SSSR count). The van der Waals surface area contributed by atoms with Gasteiger partial charge >= 0.3 is 0 Å². The molecule has 0 saturated carbocycles. The molecule has 0 radical (unpaired) electrons. The van der Waals surface area contributed by atoms with Gasteiger partial charge in [0, 0.05) is 5.69 Å². The van der Waals surface area contributed by atoms with Crippen molar-refractivity contribution in [2.24, 2.45) is 0 Å². The van der Waals surface area contributed by atoms with Crippen molar-refractivity contribution in [2.45, 2.75) is 40.7 Å². The van der Waals surface area contributed by atoms with E-state index < -0.39 is 6.10 Å². The maximum atomic E-state index is 12.3. The molecule has 0 aromatic heterocycles.